The number of benzene rings is 1. The number of rotatable bonds is 0. The summed E-state index contributed by atoms with van der Waals surface area (Å²) in [7, 11) is 4.81. The third-order valence-corrected chi connectivity index (χ3v) is 0.940. The van der Waals surface area contributed by atoms with Gasteiger partial charge in [-0.3, -0.25) is 0 Å². The molecule has 0 amide bonds. The average molecular weight is 227 g/mol. The molecule has 0 heterocycles. The molecule has 1 rings (SSSR count). The van der Waals surface area contributed by atoms with Gasteiger partial charge >= 0.3 is 8.26 Å². The molecule has 0 bridgehead atoms. The molecule has 0 aliphatic heterocycles. The van der Waals surface area contributed by atoms with Crippen LogP contribution in [0.25, 0.3) is 0 Å². The van der Waals surface area contributed by atoms with Crippen LogP contribution in [0, 0.1) is 6.92 Å². The first-order valence-corrected chi connectivity index (χ1v) is 6.19. The fraction of sp³-hybridized carbons (Fsp3) is 0.143. The van der Waals surface area contributed by atoms with Gasteiger partial charge in [0.2, 0.25) is 0 Å². The van der Waals surface area contributed by atoms with Crippen molar-refractivity contribution in [1.82, 2.24) is 0 Å². The second-order valence-electron chi connectivity index (χ2n) is 2.03. The molecule has 0 unspecified atom stereocenters. The van der Waals surface area contributed by atoms with E-state index in [9.17, 15) is 0 Å². The Kier molecular flexibility index (Phi) is 5.29. The molecule has 0 saturated heterocycles. The molecule has 0 radical (unpaired) electrons. The quantitative estimate of drug-likeness (QED) is 0.638. The molecule has 1 aromatic rings. The van der Waals surface area contributed by atoms with Crippen LogP contribution in [0.1, 0.15) is 5.56 Å². The summed E-state index contributed by atoms with van der Waals surface area (Å²) in [6.45, 7) is 2.08. The molecule has 2 nitrogen and oxygen atoms in total. The predicted molar refractivity (Wildman–Crippen MR) is 51.8 cm³/mol. The maximum Gasteiger partial charge on any atom is 0.317 e. The number of aryl methyl sites for hydroxylation is 1. The molecule has 0 saturated carbocycles. The van der Waals surface area contributed by atoms with E-state index in [4.69, 9.17) is 8.42 Å². The predicted octanol–water partition coefficient (Wildman–Crippen LogP) is 2.70. The molecule has 0 fully saturated rings. The van der Waals surface area contributed by atoms with E-state index in [1.54, 1.807) is 0 Å². The van der Waals surface area contributed by atoms with Crippen molar-refractivity contribution in [2.75, 3.05) is 0 Å². The molecule has 1 aromatic carbocycles. The van der Waals surface area contributed by atoms with Gasteiger partial charge < -0.3 is 0 Å². The van der Waals surface area contributed by atoms with E-state index in [0.717, 1.165) is 0 Å². The van der Waals surface area contributed by atoms with Gasteiger partial charge in [-0.25, -0.2) is 0 Å². The molecule has 5 heteroatoms. The van der Waals surface area contributed by atoms with Crippen LogP contribution in [0.4, 0.5) is 0 Å². The van der Waals surface area contributed by atoms with Gasteiger partial charge in [-0.1, -0.05) is 35.9 Å². The largest absolute Gasteiger partial charge is 0.317 e. The van der Waals surface area contributed by atoms with Gasteiger partial charge in [-0.2, -0.15) is 8.42 Å². The minimum Gasteiger partial charge on any atom is -0.195 e. The summed E-state index contributed by atoms with van der Waals surface area (Å²) in [5.41, 5.74) is 1.32. The second-order valence-corrected chi connectivity index (χ2v) is 5.70. The third-order valence-electron chi connectivity index (χ3n) is 0.940. The van der Waals surface area contributed by atoms with Gasteiger partial charge in [0.1, 0.15) is 0 Å². The SMILES string of the molecule is Cc1ccccc1.O=S(=O)(Cl)Cl. The van der Waals surface area contributed by atoms with Crippen LogP contribution < -0.4 is 0 Å². The summed E-state index contributed by atoms with van der Waals surface area (Å²) < 4.78 is 18.3. The van der Waals surface area contributed by atoms with Crippen LogP contribution in [0.5, 0.6) is 0 Å². The summed E-state index contributed by atoms with van der Waals surface area (Å²) >= 11 is 0. The molecule has 0 spiro atoms. The zero-order chi connectivity index (χ0) is 9.61. The smallest absolute Gasteiger partial charge is 0.195 e. The molecule has 0 aliphatic carbocycles. The van der Waals surface area contributed by atoms with E-state index in [-0.39, 0.29) is 0 Å². The zero-order valence-corrected chi connectivity index (χ0v) is 8.70. The molecule has 0 aromatic heterocycles. The fourth-order valence-electron chi connectivity index (χ4n) is 0.534. The monoisotopic (exact) mass is 226 g/mol. The highest BCUT2D eigenvalue weighted by molar-refractivity contribution is 8.31. The van der Waals surface area contributed by atoms with Gasteiger partial charge in [-0.15, -0.1) is 0 Å². The van der Waals surface area contributed by atoms with E-state index in [1.807, 2.05) is 18.2 Å². The number of hydrogen-bond acceptors (Lipinski definition) is 2. The fourth-order valence-corrected chi connectivity index (χ4v) is 0.534. The first-order valence-electron chi connectivity index (χ1n) is 3.05. The molecular formula is C7H8Cl2O2S. The van der Waals surface area contributed by atoms with Crippen molar-refractivity contribution in [3.05, 3.63) is 35.9 Å². The minimum absolute atomic E-state index is 1.32. The highest BCUT2D eigenvalue weighted by Gasteiger charge is 1.88. The summed E-state index contributed by atoms with van der Waals surface area (Å²) in [4.78, 5) is 0. The first-order chi connectivity index (χ1) is 5.39. The van der Waals surface area contributed by atoms with Crippen LogP contribution in [0.15, 0.2) is 30.3 Å². The maximum atomic E-state index is 9.16. The molecule has 0 aliphatic rings. The van der Waals surface area contributed by atoms with Crippen molar-refractivity contribution in [1.29, 1.82) is 0 Å². The molecule has 0 N–H and O–H groups in total. The van der Waals surface area contributed by atoms with Crippen molar-refractivity contribution < 1.29 is 8.42 Å². The van der Waals surface area contributed by atoms with Gasteiger partial charge in [-0.05, 0) is 6.92 Å². The maximum absolute atomic E-state index is 9.16. The lowest BCUT2D eigenvalue weighted by Gasteiger charge is -1.82. The highest BCUT2D eigenvalue weighted by Crippen LogP contribution is 1.98. The topological polar surface area (TPSA) is 34.1 Å². The van der Waals surface area contributed by atoms with Gasteiger partial charge in [0, 0.05) is 21.4 Å². The standard InChI is InChI=1S/C7H8.Cl2O2S/c1-7-5-3-2-4-6-7;1-5(2,3)4/h2-6H,1H3;. The Morgan fingerprint density at radius 2 is 1.42 bits per heavy atom. The van der Waals surface area contributed by atoms with Crippen molar-refractivity contribution in [2.45, 2.75) is 6.92 Å². The molecule has 12 heavy (non-hydrogen) atoms. The summed E-state index contributed by atoms with van der Waals surface area (Å²) in [6, 6.07) is 10.3. The van der Waals surface area contributed by atoms with E-state index in [1.165, 1.54) is 5.56 Å². The van der Waals surface area contributed by atoms with Crippen LogP contribution in [0.3, 0.4) is 0 Å². The Bertz CT molecular complexity index is 299. The van der Waals surface area contributed by atoms with E-state index >= 15 is 0 Å². The Hall–Kier alpha value is -0.250. The summed E-state index contributed by atoms with van der Waals surface area (Å²) in [5, 5.41) is 0. The second kappa shape index (κ2) is 5.41. The van der Waals surface area contributed by atoms with Crippen molar-refractivity contribution in [3.63, 3.8) is 0 Å². The van der Waals surface area contributed by atoms with E-state index in [0.29, 0.717) is 0 Å². The van der Waals surface area contributed by atoms with Crippen LogP contribution in [-0.4, -0.2) is 8.42 Å². The van der Waals surface area contributed by atoms with Crippen LogP contribution in [0.2, 0.25) is 0 Å². The Labute approximate surface area is 81.0 Å². The lowest BCUT2D eigenvalue weighted by molar-refractivity contribution is 0.621. The van der Waals surface area contributed by atoms with Crippen molar-refractivity contribution in [2.24, 2.45) is 0 Å². The normalized spacial score (nSPS) is 9.92. The number of halogens is 2. The lowest BCUT2D eigenvalue weighted by atomic mass is 10.2. The van der Waals surface area contributed by atoms with Gasteiger partial charge in [0.05, 0.1) is 0 Å². The summed E-state index contributed by atoms with van der Waals surface area (Å²) in [6.07, 6.45) is 0. The van der Waals surface area contributed by atoms with Gasteiger partial charge in [0.15, 0.2) is 0 Å². The van der Waals surface area contributed by atoms with Gasteiger partial charge in [0.25, 0.3) is 0 Å². The number of hydrogen-bond donors (Lipinski definition) is 0. The highest BCUT2D eigenvalue weighted by atomic mass is 36.0. The Morgan fingerprint density at radius 1 is 1.08 bits per heavy atom. The first kappa shape index (κ1) is 11.8. The molecule has 0 atom stereocenters. The molecular weight excluding hydrogens is 219 g/mol. The van der Waals surface area contributed by atoms with Crippen LogP contribution >= 0.6 is 21.4 Å². The van der Waals surface area contributed by atoms with E-state index in [2.05, 4.69) is 40.4 Å². The molecule has 68 valence electrons. The Balaban J connectivity index is 0.000000217. The average Bonchev–Trinajstić information content (AvgIpc) is 1.85. The van der Waals surface area contributed by atoms with Crippen molar-refractivity contribution >= 4 is 29.6 Å². The minimum atomic E-state index is -3.72. The Morgan fingerprint density at radius 3 is 1.58 bits per heavy atom. The zero-order valence-electron chi connectivity index (χ0n) is 6.37. The lowest BCUT2D eigenvalue weighted by Crippen LogP contribution is -1.63. The third kappa shape index (κ3) is 12.4. The van der Waals surface area contributed by atoms with Crippen LogP contribution in [-0.2, 0) is 8.26 Å². The van der Waals surface area contributed by atoms with E-state index < -0.39 is 8.26 Å². The summed E-state index contributed by atoms with van der Waals surface area (Å²) in [5.74, 6) is 0. The van der Waals surface area contributed by atoms with Crippen molar-refractivity contribution in [3.8, 4) is 0 Å².